The lowest BCUT2D eigenvalue weighted by atomic mass is 10.1. The number of amides is 1. The topological polar surface area (TPSA) is 81.2 Å². The number of benzene rings is 1. The largest absolute Gasteiger partial charge is 0.342 e. The summed E-state index contributed by atoms with van der Waals surface area (Å²) in [5.41, 5.74) is 7.27. The Bertz CT molecular complexity index is 784. The van der Waals surface area contributed by atoms with Crippen LogP contribution in [-0.4, -0.2) is 40.0 Å². The number of nitrogens with zero attached hydrogens (tertiary/aromatic N) is 3. The smallest absolute Gasteiger partial charge is 0.261 e. The zero-order valence-electron chi connectivity index (χ0n) is 13.4. The van der Waals surface area contributed by atoms with Crippen LogP contribution in [-0.2, 0) is 11.3 Å². The average molecular weight is 314 g/mol. The van der Waals surface area contributed by atoms with Gasteiger partial charge in [-0.2, -0.15) is 0 Å². The van der Waals surface area contributed by atoms with Gasteiger partial charge in [0.05, 0.1) is 17.2 Å². The summed E-state index contributed by atoms with van der Waals surface area (Å²) in [5.74, 6) is 0.490. The van der Waals surface area contributed by atoms with Crippen LogP contribution in [0.25, 0.3) is 10.9 Å². The molecule has 3 rings (SSSR count). The number of fused-ring (bicyclic) bond motifs is 1. The molecule has 1 saturated heterocycles. The first kappa shape index (κ1) is 15.7. The predicted molar refractivity (Wildman–Crippen MR) is 89.1 cm³/mol. The molecule has 1 atom stereocenters. The summed E-state index contributed by atoms with van der Waals surface area (Å²) in [6, 6.07) is 5.57. The number of carbonyl (C=O) groups excluding carboxylic acids is 1. The second-order valence-electron chi connectivity index (χ2n) is 6.19. The average Bonchev–Trinajstić information content (AvgIpc) is 3.04. The van der Waals surface area contributed by atoms with Gasteiger partial charge in [-0.25, -0.2) is 4.98 Å². The van der Waals surface area contributed by atoms with Crippen molar-refractivity contribution in [3.8, 4) is 0 Å². The molecule has 1 aliphatic rings. The Hall–Kier alpha value is -2.21. The minimum Gasteiger partial charge on any atom is -0.342 e. The minimum absolute atomic E-state index is 0.0807. The molecule has 6 heteroatoms. The molecule has 2 aromatic rings. The van der Waals surface area contributed by atoms with Gasteiger partial charge in [-0.3, -0.25) is 14.2 Å². The van der Waals surface area contributed by atoms with E-state index < -0.39 is 0 Å². The van der Waals surface area contributed by atoms with E-state index in [0.29, 0.717) is 30.8 Å². The van der Waals surface area contributed by atoms with E-state index >= 15 is 0 Å². The highest BCUT2D eigenvalue weighted by Gasteiger charge is 2.24. The van der Waals surface area contributed by atoms with Gasteiger partial charge in [-0.1, -0.05) is 12.1 Å². The van der Waals surface area contributed by atoms with E-state index in [1.807, 2.05) is 24.0 Å². The lowest BCUT2D eigenvalue weighted by Crippen LogP contribution is -2.31. The molecule has 1 aliphatic heterocycles. The van der Waals surface area contributed by atoms with E-state index in [9.17, 15) is 9.59 Å². The Morgan fingerprint density at radius 2 is 2.26 bits per heavy atom. The van der Waals surface area contributed by atoms with Crippen molar-refractivity contribution < 1.29 is 4.79 Å². The number of hydrogen-bond acceptors (Lipinski definition) is 4. The van der Waals surface area contributed by atoms with E-state index in [4.69, 9.17) is 5.73 Å². The first-order chi connectivity index (χ1) is 11.1. The van der Waals surface area contributed by atoms with E-state index in [2.05, 4.69) is 4.98 Å². The molecule has 122 valence electrons. The van der Waals surface area contributed by atoms with Gasteiger partial charge in [0.25, 0.3) is 5.56 Å². The third-order valence-electron chi connectivity index (χ3n) is 4.59. The van der Waals surface area contributed by atoms with Crippen molar-refractivity contribution in [1.29, 1.82) is 0 Å². The zero-order valence-corrected chi connectivity index (χ0v) is 13.4. The van der Waals surface area contributed by atoms with Gasteiger partial charge in [0.1, 0.15) is 0 Å². The number of rotatable bonds is 4. The van der Waals surface area contributed by atoms with Crippen LogP contribution in [0.4, 0.5) is 0 Å². The molecule has 1 fully saturated rings. The van der Waals surface area contributed by atoms with Crippen LogP contribution in [0, 0.1) is 12.8 Å². The Morgan fingerprint density at radius 1 is 1.43 bits per heavy atom. The first-order valence-electron chi connectivity index (χ1n) is 8.02. The zero-order chi connectivity index (χ0) is 16.4. The predicted octanol–water partition coefficient (Wildman–Crippen LogP) is 0.902. The summed E-state index contributed by atoms with van der Waals surface area (Å²) in [4.78, 5) is 31.0. The number of para-hydroxylation sites is 1. The first-order valence-corrected chi connectivity index (χ1v) is 8.02. The quantitative estimate of drug-likeness (QED) is 0.909. The maximum atomic E-state index is 12.5. The van der Waals surface area contributed by atoms with E-state index in [-0.39, 0.29) is 11.5 Å². The van der Waals surface area contributed by atoms with Gasteiger partial charge in [0.2, 0.25) is 5.91 Å². The normalized spacial score (nSPS) is 17.8. The standard InChI is InChI=1S/C17H22N4O2/c1-12-3-2-4-14-16(12)19-11-21(17(14)23)8-6-15(22)20-7-5-13(9-18)10-20/h2-4,11,13H,5-10,18H2,1H3. The number of aromatic nitrogens is 2. The fraction of sp³-hybridized carbons (Fsp3) is 0.471. The van der Waals surface area contributed by atoms with Crippen molar-refractivity contribution in [1.82, 2.24) is 14.5 Å². The van der Waals surface area contributed by atoms with Crippen molar-refractivity contribution in [3.63, 3.8) is 0 Å². The number of aryl methyl sites for hydroxylation is 2. The molecule has 1 unspecified atom stereocenters. The summed E-state index contributed by atoms with van der Waals surface area (Å²) < 4.78 is 1.52. The molecule has 1 aromatic heterocycles. The van der Waals surface area contributed by atoms with Crippen LogP contribution < -0.4 is 11.3 Å². The summed E-state index contributed by atoms with van der Waals surface area (Å²) in [7, 11) is 0. The van der Waals surface area contributed by atoms with Crippen molar-refractivity contribution in [2.24, 2.45) is 11.7 Å². The minimum atomic E-state index is -0.0900. The van der Waals surface area contributed by atoms with Crippen LogP contribution in [0.5, 0.6) is 0 Å². The lowest BCUT2D eigenvalue weighted by molar-refractivity contribution is -0.130. The van der Waals surface area contributed by atoms with E-state index in [1.54, 1.807) is 6.07 Å². The van der Waals surface area contributed by atoms with Crippen LogP contribution in [0.3, 0.4) is 0 Å². The Labute approximate surface area is 134 Å². The maximum Gasteiger partial charge on any atom is 0.261 e. The Kier molecular flexibility index (Phi) is 4.43. The van der Waals surface area contributed by atoms with Gasteiger partial charge in [-0.05, 0) is 37.4 Å². The molecule has 23 heavy (non-hydrogen) atoms. The van der Waals surface area contributed by atoms with Gasteiger partial charge < -0.3 is 10.6 Å². The van der Waals surface area contributed by atoms with Crippen molar-refractivity contribution >= 4 is 16.8 Å². The molecule has 0 bridgehead atoms. The molecule has 0 saturated carbocycles. The Morgan fingerprint density at radius 3 is 3.00 bits per heavy atom. The molecule has 1 aromatic carbocycles. The molecular weight excluding hydrogens is 292 g/mol. The highest BCUT2D eigenvalue weighted by molar-refractivity contribution is 5.80. The van der Waals surface area contributed by atoms with Crippen LogP contribution in [0.1, 0.15) is 18.4 Å². The Balaban J connectivity index is 1.71. The van der Waals surface area contributed by atoms with Gasteiger partial charge in [0.15, 0.2) is 0 Å². The van der Waals surface area contributed by atoms with Crippen LogP contribution in [0.15, 0.2) is 29.3 Å². The molecule has 0 spiro atoms. The molecule has 2 N–H and O–H groups in total. The number of carbonyl (C=O) groups is 1. The second kappa shape index (κ2) is 6.50. The third kappa shape index (κ3) is 3.12. The van der Waals surface area contributed by atoms with Crippen molar-refractivity contribution in [2.45, 2.75) is 26.3 Å². The van der Waals surface area contributed by atoms with Gasteiger partial charge in [0, 0.05) is 26.1 Å². The summed E-state index contributed by atoms with van der Waals surface area (Å²) >= 11 is 0. The molecule has 1 amide bonds. The molecule has 6 nitrogen and oxygen atoms in total. The lowest BCUT2D eigenvalue weighted by Gasteiger charge is -2.16. The number of nitrogens with two attached hydrogens (primary N) is 1. The van der Waals surface area contributed by atoms with Crippen molar-refractivity contribution in [2.75, 3.05) is 19.6 Å². The van der Waals surface area contributed by atoms with E-state index in [1.165, 1.54) is 10.9 Å². The highest BCUT2D eigenvalue weighted by Crippen LogP contribution is 2.16. The molecule has 2 heterocycles. The summed E-state index contributed by atoms with van der Waals surface area (Å²) in [6.07, 6.45) is 2.83. The van der Waals surface area contributed by atoms with Gasteiger partial charge in [-0.15, -0.1) is 0 Å². The second-order valence-corrected chi connectivity index (χ2v) is 6.19. The summed E-state index contributed by atoms with van der Waals surface area (Å²) in [6.45, 7) is 4.42. The molecular formula is C17H22N4O2. The highest BCUT2D eigenvalue weighted by atomic mass is 16.2. The van der Waals surface area contributed by atoms with Crippen LogP contribution in [0.2, 0.25) is 0 Å². The monoisotopic (exact) mass is 314 g/mol. The van der Waals surface area contributed by atoms with Crippen molar-refractivity contribution in [3.05, 3.63) is 40.4 Å². The summed E-state index contributed by atoms with van der Waals surface area (Å²) in [5, 5.41) is 0.601. The third-order valence-corrected chi connectivity index (χ3v) is 4.59. The molecule has 0 radical (unpaired) electrons. The fourth-order valence-corrected chi connectivity index (χ4v) is 3.12. The number of hydrogen-bond donors (Lipinski definition) is 1. The van der Waals surface area contributed by atoms with Crippen LogP contribution >= 0.6 is 0 Å². The number of likely N-dealkylation sites (tertiary alicyclic amines) is 1. The van der Waals surface area contributed by atoms with Gasteiger partial charge >= 0.3 is 0 Å². The fourth-order valence-electron chi connectivity index (χ4n) is 3.12. The molecule has 0 aliphatic carbocycles. The maximum absolute atomic E-state index is 12.5. The SMILES string of the molecule is Cc1cccc2c(=O)n(CCC(=O)N3CCC(CN)C3)cnc12. The van der Waals surface area contributed by atoms with E-state index in [0.717, 1.165) is 30.6 Å².